The largest absolute Gasteiger partial charge is 0.462 e. The number of carbonyl (C=O) groups excluding carboxylic acids is 2. The first-order valence-corrected chi connectivity index (χ1v) is 12.7. The molecule has 0 aromatic heterocycles. The molecule has 1 unspecified atom stereocenters. The molecule has 0 aliphatic carbocycles. The van der Waals surface area contributed by atoms with Crippen LogP contribution < -0.4 is 0 Å². The van der Waals surface area contributed by atoms with Gasteiger partial charge in [-0.15, -0.1) is 0 Å². The fourth-order valence-electron chi connectivity index (χ4n) is 3.37. The Morgan fingerprint density at radius 3 is 1.75 bits per heavy atom. The summed E-state index contributed by atoms with van der Waals surface area (Å²) in [6.07, 6.45) is 15.1. The molecule has 4 heteroatoms. The number of carbonyl (C=O) groups is 2. The zero-order valence-corrected chi connectivity index (χ0v) is 21.2. The molecule has 1 aromatic rings. The van der Waals surface area contributed by atoms with Crippen LogP contribution in [0, 0.1) is 5.41 Å². The number of unbranched alkanes of at least 4 members (excludes halogenated alkanes) is 11. The lowest BCUT2D eigenvalue weighted by atomic mass is 9.90. The van der Waals surface area contributed by atoms with Gasteiger partial charge in [-0.1, -0.05) is 104 Å². The van der Waals surface area contributed by atoms with E-state index in [-0.39, 0.29) is 17.5 Å². The maximum absolute atomic E-state index is 12.4. The van der Waals surface area contributed by atoms with Crippen LogP contribution in [0.25, 0.3) is 0 Å². The SMILES string of the molecule is CCCCCCCCCCCCCCOC(=O)c1cccc(C(=O)OC(C)C(C)(C)C)c1. The zero-order chi connectivity index (χ0) is 23.8. The van der Waals surface area contributed by atoms with Crippen molar-refractivity contribution in [3.8, 4) is 0 Å². The van der Waals surface area contributed by atoms with E-state index in [4.69, 9.17) is 9.47 Å². The maximum atomic E-state index is 12.4. The van der Waals surface area contributed by atoms with E-state index in [0.29, 0.717) is 17.7 Å². The average molecular weight is 447 g/mol. The Morgan fingerprint density at radius 1 is 0.781 bits per heavy atom. The lowest BCUT2D eigenvalue weighted by molar-refractivity contribution is 0.00479. The molecule has 0 saturated carbocycles. The average Bonchev–Trinajstić information content (AvgIpc) is 2.76. The van der Waals surface area contributed by atoms with Crippen molar-refractivity contribution < 1.29 is 19.1 Å². The standard InChI is InChI=1S/C28H46O4/c1-6-7-8-9-10-11-12-13-14-15-16-17-21-31-26(29)24-19-18-20-25(22-24)27(30)32-23(2)28(3,4)5/h18-20,22-23H,6-17,21H2,1-5H3. The van der Waals surface area contributed by atoms with Gasteiger partial charge in [0.25, 0.3) is 0 Å². The van der Waals surface area contributed by atoms with Crippen LogP contribution in [0.15, 0.2) is 24.3 Å². The summed E-state index contributed by atoms with van der Waals surface area (Å²) in [6, 6.07) is 6.59. The third-order valence-corrected chi connectivity index (χ3v) is 6.07. The van der Waals surface area contributed by atoms with Gasteiger partial charge in [0.1, 0.15) is 6.10 Å². The Bertz CT molecular complexity index is 660. The molecular weight excluding hydrogens is 400 g/mol. The molecular formula is C28H46O4. The van der Waals surface area contributed by atoms with E-state index in [2.05, 4.69) is 6.92 Å². The predicted octanol–water partition coefficient (Wildman–Crippen LogP) is 8.14. The quantitative estimate of drug-likeness (QED) is 0.190. The van der Waals surface area contributed by atoms with Crippen LogP contribution in [0.3, 0.4) is 0 Å². The van der Waals surface area contributed by atoms with E-state index < -0.39 is 5.97 Å². The summed E-state index contributed by atoms with van der Waals surface area (Å²) in [5.41, 5.74) is 0.628. The van der Waals surface area contributed by atoms with Crippen molar-refractivity contribution in [3.05, 3.63) is 35.4 Å². The Labute approximate surface area is 196 Å². The zero-order valence-electron chi connectivity index (χ0n) is 21.2. The molecule has 4 nitrogen and oxygen atoms in total. The third-order valence-electron chi connectivity index (χ3n) is 6.07. The molecule has 0 aliphatic rings. The molecule has 182 valence electrons. The molecule has 0 saturated heterocycles. The van der Waals surface area contributed by atoms with E-state index in [1.54, 1.807) is 24.3 Å². The summed E-state index contributed by atoms with van der Waals surface area (Å²) in [4.78, 5) is 24.7. The summed E-state index contributed by atoms with van der Waals surface area (Å²) < 4.78 is 10.9. The van der Waals surface area contributed by atoms with Crippen molar-refractivity contribution >= 4 is 11.9 Å². The number of benzene rings is 1. The number of hydrogen-bond acceptors (Lipinski definition) is 4. The monoisotopic (exact) mass is 446 g/mol. The van der Waals surface area contributed by atoms with Gasteiger partial charge in [0.15, 0.2) is 0 Å². The van der Waals surface area contributed by atoms with Crippen molar-refractivity contribution in [1.29, 1.82) is 0 Å². The number of rotatable bonds is 16. The molecule has 0 fully saturated rings. The fourth-order valence-corrected chi connectivity index (χ4v) is 3.37. The Morgan fingerprint density at radius 2 is 1.25 bits per heavy atom. The molecule has 1 atom stereocenters. The summed E-state index contributed by atoms with van der Waals surface area (Å²) in [6.45, 7) is 10.6. The van der Waals surface area contributed by atoms with Crippen LogP contribution in [0.1, 0.15) is 132 Å². The van der Waals surface area contributed by atoms with Crippen molar-refractivity contribution in [3.63, 3.8) is 0 Å². The van der Waals surface area contributed by atoms with Gasteiger partial charge in [0, 0.05) is 0 Å². The van der Waals surface area contributed by atoms with E-state index in [1.165, 1.54) is 64.2 Å². The smallest absolute Gasteiger partial charge is 0.338 e. The highest BCUT2D eigenvalue weighted by Gasteiger charge is 2.24. The summed E-state index contributed by atoms with van der Waals surface area (Å²) >= 11 is 0. The first-order valence-electron chi connectivity index (χ1n) is 12.7. The van der Waals surface area contributed by atoms with Gasteiger partial charge in [-0.05, 0) is 37.0 Å². The molecule has 0 spiro atoms. The third kappa shape index (κ3) is 12.3. The molecule has 1 rings (SSSR count). The minimum Gasteiger partial charge on any atom is -0.462 e. The van der Waals surface area contributed by atoms with Gasteiger partial charge in [0.05, 0.1) is 17.7 Å². The highest BCUT2D eigenvalue weighted by molar-refractivity contribution is 5.95. The molecule has 0 radical (unpaired) electrons. The van der Waals surface area contributed by atoms with Gasteiger partial charge in [0.2, 0.25) is 0 Å². The van der Waals surface area contributed by atoms with Gasteiger partial charge < -0.3 is 9.47 Å². The summed E-state index contributed by atoms with van der Waals surface area (Å²) in [7, 11) is 0. The molecule has 0 bridgehead atoms. The first kappa shape index (κ1) is 28.2. The minimum absolute atomic E-state index is 0.138. The molecule has 0 amide bonds. The van der Waals surface area contributed by atoms with Crippen LogP contribution in [-0.2, 0) is 9.47 Å². The van der Waals surface area contributed by atoms with Gasteiger partial charge in [-0.3, -0.25) is 0 Å². The lowest BCUT2D eigenvalue weighted by Crippen LogP contribution is -2.28. The Balaban J connectivity index is 2.19. The van der Waals surface area contributed by atoms with Crippen LogP contribution >= 0.6 is 0 Å². The predicted molar refractivity (Wildman–Crippen MR) is 132 cm³/mol. The number of hydrogen-bond donors (Lipinski definition) is 0. The number of esters is 2. The van der Waals surface area contributed by atoms with Gasteiger partial charge in [-0.25, -0.2) is 9.59 Å². The topological polar surface area (TPSA) is 52.6 Å². The highest BCUT2D eigenvalue weighted by atomic mass is 16.5. The van der Waals surface area contributed by atoms with Crippen LogP contribution in [0.2, 0.25) is 0 Å². The van der Waals surface area contributed by atoms with E-state index in [0.717, 1.165) is 12.8 Å². The van der Waals surface area contributed by atoms with Crippen LogP contribution in [0.4, 0.5) is 0 Å². The molecule has 0 heterocycles. The van der Waals surface area contributed by atoms with Gasteiger partial charge in [-0.2, -0.15) is 0 Å². The van der Waals surface area contributed by atoms with Crippen molar-refractivity contribution in [2.75, 3.05) is 6.61 Å². The second-order valence-electron chi connectivity index (χ2n) is 10.0. The van der Waals surface area contributed by atoms with E-state index in [1.807, 2.05) is 27.7 Å². The first-order chi connectivity index (χ1) is 15.3. The van der Waals surface area contributed by atoms with Crippen molar-refractivity contribution in [2.24, 2.45) is 5.41 Å². The Hall–Kier alpha value is -1.84. The summed E-state index contributed by atoms with van der Waals surface area (Å²) in [5, 5.41) is 0. The molecule has 0 N–H and O–H groups in total. The van der Waals surface area contributed by atoms with E-state index >= 15 is 0 Å². The second kappa shape index (κ2) is 15.9. The number of ether oxygens (including phenoxy) is 2. The molecule has 1 aromatic carbocycles. The lowest BCUT2D eigenvalue weighted by Gasteiger charge is -2.26. The fraction of sp³-hybridized carbons (Fsp3) is 0.714. The highest BCUT2D eigenvalue weighted by Crippen LogP contribution is 2.23. The Kier molecular flexibility index (Phi) is 14.0. The molecule has 32 heavy (non-hydrogen) atoms. The van der Waals surface area contributed by atoms with Crippen molar-refractivity contribution in [1.82, 2.24) is 0 Å². The van der Waals surface area contributed by atoms with Crippen LogP contribution in [0.5, 0.6) is 0 Å². The maximum Gasteiger partial charge on any atom is 0.338 e. The van der Waals surface area contributed by atoms with Crippen molar-refractivity contribution in [2.45, 2.75) is 118 Å². The second-order valence-corrected chi connectivity index (χ2v) is 10.0. The van der Waals surface area contributed by atoms with Crippen LogP contribution in [-0.4, -0.2) is 24.6 Å². The van der Waals surface area contributed by atoms with Gasteiger partial charge >= 0.3 is 11.9 Å². The normalized spacial score (nSPS) is 12.4. The molecule has 0 aliphatic heterocycles. The van der Waals surface area contributed by atoms with E-state index in [9.17, 15) is 9.59 Å². The summed E-state index contributed by atoms with van der Waals surface area (Å²) in [5.74, 6) is -0.797. The minimum atomic E-state index is -0.414.